The van der Waals surface area contributed by atoms with E-state index in [0.717, 1.165) is 95.1 Å². The van der Waals surface area contributed by atoms with Crippen molar-refractivity contribution in [3.63, 3.8) is 0 Å². The number of H-pyrrole nitrogens is 3. The number of aromatic nitrogens is 3. The summed E-state index contributed by atoms with van der Waals surface area (Å²) in [6.07, 6.45) is 18.9. The number of hydrogen-bond acceptors (Lipinski definition) is 10. The quantitative estimate of drug-likeness (QED) is 0.0256. The van der Waals surface area contributed by atoms with Crippen LogP contribution in [-0.2, 0) is 33.6 Å². The molecule has 0 radical (unpaired) electrons. The van der Waals surface area contributed by atoms with Crippen molar-refractivity contribution < 1.29 is 42.3 Å². The van der Waals surface area contributed by atoms with Crippen molar-refractivity contribution in [1.29, 1.82) is 0 Å². The van der Waals surface area contributed by atoms with Crippen molar-refractivity contribution in [1.82, 2.24) is 59.9 Å². The van der Waals surface area contributed by atoms with E-state index in [-0.39, 0.29) is 77.4 Å². The average Bonchev–Trinajstić information content (AvgIpc) is 1.36. The van der Waals surface area contributed by atoms with E-state index in [0.29, 0.717) is 83.1 Å². The Hall–Kier alpha value is -2.97. The Morgan fingerprint density at radius 2 is 0.936 bits per heavy atom. The van der Waals surface area contributed by atoms with E-state index in [9.17, 15) is 29.1 Å². The topological polar surface area (TPSA) is 200 Å². The molecule has 6 aromatic rings. The molecule has 6 aliphatic rings. The van der Waals surface area contributed by atoms with Gasteiger partial charge in [-0.2, -0.15) is 0 Å². The normalized spacial score (nSPS) is 22.4. The molecule has 6 amide bonds. The second kappa shape index (κ2) is 38.0. The predicted molar refractivity (Wildman–Crippen MR) is 422 cm³/mol. The molecule has 514 valence electrons. The van der Waals surface area contributed by atoms with Gasteiger partial charge in [0.2, 0.25) is 11.8 Å². The predicted octanol–water partition coefficient (Wildman–Crippen LogP) is 10.3. The number of carboxylic acids is 1. The van der Waals surface area contributed by atoms with Crippen molar-refractivity contribution in [2.24, 2.45) is 17.8 Å². The van der Waals surface area contributed by atoms with Gasteiger partial charge < -0.3 is 40.5 Å². The van der Waals surface area contributed by atoms with E-state index < -0.39 is 5.97 Å². The summed E-state index contributed by atoms with van der Waals surface area (Å²) in [5.41, 5.74) is 11.5. The zero-order chi connectivity index (χ0) is 67.0. The molecule has 3 fully saturated rings. The average molecular weight is 1960 g/mol. The van der Waals surface area contributed by atoms with E-state index in [1.807, 2.05) is 60.3 Å². The van der Waals surface area contributed by atoms with Crippen molar-refractivity contribution in [3.8, 4) is 0 Å². The Kier molecular flexibility index (Phi) is 31.7. The van der Waals surface area contributed by atoms with E-state index >= 15 is 0 Å². The van der Waals surface area contributed by atoms with Crippen LogP contribution in [0.3, 0.4) is 0 Å². The monoisotopic (exact) mass is 1960 g/mol. The minimum atomic E-state index is -0.681. The molecule has 0 bridgehead atoms. The van der Waals surface area contributed by atoms with Gasteiger partial charge in [-0.3, -0.25) is 38.9 Å². The third-order valence-corrected chi connectivity index (χ3v) is 19.6. The summed E-state index contributed by atoms with van der Waals surface area (Å²) in [6, 6.07) is 19.7. The molecule has 9 atom stereocenters. The maximum atomic E-state index is 13.7. The second-order valence-corrected chi connectivity index (χ2v) is 42.0. The van der Waals surface area contributed by atoms with E-state index in [2.05, 4.69) is 217 Å². The molecule has 3 saturated heterocycles. The van der Waals surface area contributed by atoms with Gasteiger partial charge in [-0.15, -0.1) is 43.7 Å². The zero-order valence-electron chi connectivity index (χ0n) is 55.0. The van der Waals surface area contributed by atoms with E-state index in [1.54, 1.807) is 0 Å². The van der Waals surface area contributed by atoms with Crippen LogP contribution in [0.5, 0.6) is 0 Å². The van der Waals surface area contributed by atoms with Gasteiger partial charge in [0, 0.05) is 190 Å². The summed E-state index contributed by atoms with van der Waals surface area (Å²) in [7, 11) is 8.03. The number of piperidine rings is 3. The summed E-state index contributed by atoms with van der Waals surface area (Å²) in [5, 5.41) is 19.2. The Morgan fingerprint density at radius 3 is 1.30 bits per heavy atom. The van der Waals surface area contributed by atoms with Crippen LogP contribution in [0, 0.1) is 17.8 Å². The third kappa shape index (κ3) is 18.5. The Morgan fingerprint density at radius 1 is 0.574 bits per heavy atom. The van der Waals surface area contributed by atoms with Crippen LogP contribution in [0.2, 0.25) is 0 Å². The van der Waals surface area contributed by atoms with Crippen LogP contribution >= 0.6 is 98.4 Å². The molecule has 6 N–H and O–H groups in total. The molecule has 24 heteroatoms. The van der Waals surface area contributed by atoms with Gasteiger partial charge in [0.25, 0.3) is 0 Å². The SMILES string of the molecule is C=CCN1C[C@H](C(=O)N(CC)C(=O)NCCCN(C)C)C[C@@H]2c3cccc4[nH]cc(c34)C[C@H]21.C=CCN1C[C@H](C(=O)N(CCCN(C)C)C(=O)NCC)C[C@@H]2c3cccc4[nH]cc(c34)C[C@H]21.C=CCN1C[C@H](C(=O)O)C[C@@H]2c3cccc4[nH]cc(c34)C[C@H]21.I.II.I[I-]I. The number of carbonyl (C=O) groups excluding carboxylic acids is 4. The summed E-state index contributed by atoms with van der Waals surface area (Å²) >= 11 is 9.54. The number of aromatic amines is 3. The Labute approximate surface area is 626 Å². The fourth-order valence-electron chi connectivity index (χ4n) is 15.7. The molecule has 6 heterocycles. The van der Waals surface area contributed by atoms with Gasteiger partial charge >= 0.3 is 68.5 Å². The molecule has 0 spiro atoms. The number of nitrogens with zero attached hydrogens (tertiary/aromatic N) is 7. The number of aliphatic carboxylic acids is 1. The number of carboxylic acid groups (broad SMARTS) is 1. The van der Waals surface area contributed by atoms with Crippen LogP contribution in [-0.4, -0.2) is 209 Å². The van der Waals surface area contributed by atoms with Gasteiger partial charge in [0.15, 0.2) is 0 Å². The number of halogens is 6. The van der Waals surface area contributed by atoms with Crippen LogP contribution in [0.1, 0.15) is 97.1 Å². The van der Waals surface area contributed by atoms with Gasteiger partial charge in [-0.25, -0.2) is 9.59 Å². The molecule has 3 aliphatic carbocycles. The number of likely N-dealkylation sites (tertiary alicyclic amines) is 3. The molecule has 12 rings (SSSR count). The van der Waals surface area contributed by atoms with Gasteiger partial charge in [-0.1, -0.05) is 54.6 Å². The molecule has 94 heavy (non-hydrogen) atoms. The summed E-state index contributed by atoms with van der Waals surface area (Å²) < 4.78 is 0. The first kappa shape index (κ1) is 78.4. The number of carbonyl (C=O) groups is 5. The second-order valence-electron chi connectivity index (χ2n) is 25.8. The van der Waals surface area contributed by atoms with Crippen molar-refractivity contribution >= 4 is 161 Å². The summed E-state index contributed by atoms with van der Waals surface area (Å²) in [6.45, 7) is 23.3. The van der Waals surface area contributed by atoms with Crippen molar-refractivity contribution in [2.45, 2.75) is 101 Å². The number of amides is 6. The van der Waals surface area contributed by atoms with Crippen molar-refractivity contribution in [3.05, 3.63) is 145 Å². The molecule has 3 aromatic heterocycles. The van der Waals surface area contributed by atoms with Gasteiger partial charge in [0.05, 0.1) is 17.8 Å². The number of urea groups is 2. The molecule has 3 aliphatic heterocycles. The molecule has 18 nitrogen and oxygen atoms in total. The first-order valence-electron chi connectivity index (χ1n) is 32.5. The van der Waals surface area contributed by atoms with Crippen LogP contribution in [0.25, 0.3) is 32.7 Å². The number of nitrogens with one attached hydrogen (secondary N) is 5. The summed E-state index contributed by atoms with van der Waals surface area (Å²) in [5.74, 6) is -0.711. The molecular weight excluding hydrogens is 1870 g/mol. The number of benzene rings is 3. The van der Waals surface area contributed by atoms with Crippen LogP contribution in [0.4, 0.5) is 9.59 Å². The molecule has 0 saturated carbocycles. The number of imide groups is 2. The van der Waals surface area contributed by atoms with Gasteiger partial charge in [-0.05, 0) is 158 Å². The van der Waals surface area contributed by atoms with Crippen molar-refractivity contribution in [2.75, 3.05) is 107 Å². The maximum absolute atomic E-state index is 13.7. The first-order chi connectivity index (χ1) is 45.0. The minimum absolute atomic E-state index is 0. The first-order valence-corrected chi connectivity index (χ1v) is 51.4. The van der Waals surface area contributed by atoms with Gasteiger partial charge in [0.1, 0.15) is 0 Å². The standard InChI is InChI=1S/2C26H37N5O2.C18H20N2O2.I3.I2.HI/c1-5-12-30-17-19(25(32)31(6-2)26(33)27-11-8-13-29(3)4)14-21-20-9-7-10-22-24(20)18(16-28-22)15-23(21)30;1-5-11-30-17-19(25(32)31(26(33)27-6-2)13-8-12-29(3)4)14-21-20-9-7-10-22-24(20)18(16-28-22)15-23(21)30;1-2-6-20-10-12(18(21)22)7-14-13-4-3-5-15-17(13)11(9-19-15)8-16(14)20;1-3-2;1-2;/h2*5,7,9-10,16,19,21,23,28H,1,6,8,11-15,17H2,2-4H3,(H,27,33);2-5,9,12,14,16,19H,1,6-8,10H2,(H,21,22);;;1H/q;;;-1;;/t2*19-,21-,23-;12-,14-,16-;;;/m111.../s1. The zero-order valence-corrected chi connectivity index (χ0v) is 68.2. The summed E-state index contributed by atoms with van der Waals surface area (Å²) in [4.78, 5) is 88.8. The third-order valence-electron chi connectivity index (χ3n) is 19.6. The Bertz CT molecular complexity index is 3540. The molecule has 0 unspecified atom stereocenters. The van der Waals surface area contributed by atoms with E-state index in [1.165, 1.54) is 64.9 Å². The fourth-order valence-corrected chi connectivity index (χ4v) is 15.7. The van der Waals surface area contributed by atoms with Crippen LogP contribution in [0.15, 0.2) is 111 Å². The Balaban J connectivity index is 0.000000195. The molecular formula is C70H95I6N12O6-. The van der Waals surface area contributed by atoms with E-state index in [4.69, 9.17) is 0 Å². The van der Waals surface area contributed by atoms with Crippen LogP contribution < -0.4 is 23.9 Å². The fraction of sp³-hybridized carbons (Fsp3) is 0.500. The number of hydrogen-bond donors (Lipinski definition) is 6. The number of rotatable bonds is 19. The molecule has 3 aromatic carbocycles. The number of fused-ring (bicyclic) bond motifs is 6.